The van der Waals surface area contributed by atoms with Crippen molar-refractivity contribution in [2.45, 2.75) is 26.6 Å². The lowest BCUT2D eigenvalue weighted by Crippen LogP contribution is -2.22. The van der Waals surface area contributed by atoms with Crippen molar-refractivity contribution >= 4 is 8.32 Å². The van der Waals surface area contributed by atoms with Gasteiger partial charge in [-0.3, -0.25) is 0 Å². The van der Waals surface area contributed by atoms with Gasteiger partial charge in [-0.05, 0) is 26.6 Å². The Morgan fingerprint density at radius 2 is 1.36 bits per heavy atom. The molecule has 68 valence electrons. The van der Waals surface area contributed by atoms with Crippen molar-refractivity contribution in [2.75, 3.05) is 14.2 Å². The number of hydrogen-bond acceptors (Lipinski definition) is 2. The average molecular weight is 176 g/mol. The van der Waals surface area contributed by atoms with E-state index in [2.05, 4.69) is 31.0 Å². The Morgan fingerprint density at radius 1 is 1.18 bits per heavy atom. The van der Waals surface area contributed by atoms with Crippen LogP contribution in [0.3, 0.4) is 0 Å². The van der Waals surface area contributed by atoms with Gasteiger partial charge >= 0.3 is 0 Å². The molecule has 0 spiro atoms. The van der Waals surface area contributed by atoms with Crippen molar-refractivity contribution in [3.63, 3.8) is 0 Å². The van der Waals surface area contributed by atoms with Crippen molar-refractivity contribution < 1.29 is 9.16 Å². The Labute approximate surface area is 71.3 Å². The van der Waals surface area contributed by atoms with Crippen LogP contribution in [0.15, 0.2) is 12.3 Å². The van der Waals surface area contributed by atoms with Gasteiger partial charge in [-0.15, -0.1) is 0 Å². The zero-order chi connectivity index (χ0) is 9.49. The number of methoxy groups -OCH3 is 1. The maximum absolute atomic E-state index is 5.08. The fraction of sp³-hybridized carbons (Fsp3) is 0.750. The number of ether oxygens (including phenoxy) is 1. The maximum Gasteiger partial charge on any atom is 0.183 e. The minimum atomic E-state index is -1.13. The summed E-state index contributed by atoms with van der Waals surface area (Å²) in [5.74, 6) is 0.755. The molecular weight excluding hydrogens is 156 g/mol. The first-order chi connectivity index (χ1) is 4.83. The molecular formula is C8H20O2Si. The SMILES string of the molecule is C=C(C)OC.CO[Si](C)(C)C. The lowest BCUT2D eigenvalue weighted by molar-refractivity contribution is 0.295. The third-order valence-corrected chi connectivity index (χ3v) is 2.19. The molecule has 3 heteroatoms. The molecule has 11 heavy (non-hydrogen) atoms. The first-order valence-corrected chi connectivity index (χ1v) is 6.99. The third-order valence-electron chi connectivity index (χ3n) is 0.961. The molecule has 0 bridgehead atoms. The standard InChI is InChI=1S/C4H12OSi.C4H8O/c1-5-6(2,3)4;1-4(2)5-3/h1-4H3;1H2,2-3H3. The predicted molar refractivity (Wildman–Crippen MR) is 52.2 cm³/mol. The van der Waals surface area contributed by atoms with E-state index in [1.165, 1.54) is 0 Å². The molecule has 0 saturated heterocycles. The Balaban J connectivity index is 0. The quantitative estimate of drug-likeness (QED) is 0.475. The molecule has 0 rings (SSSR count). The highest BCUT2D eigenvalue weighted by molar-refractivity contribution is 6.69. The largest absolute Gasteiger partial charge is 0.502 e. The topological polar surface area (TPSA) is 18.5 Å². The molecule has 0 fully saturated rings. The molecule has 0 saturated carbocycles. The molecule has 0 aromatic rings. The molecule has 0 heterocycles. The lowest BCUT2D eigenvalue weighted by Gasteiger charge is -2.10. The van der Waals surface area contributed by atoms with E-state index in [1.807, 2.05) is 0 Å². The summed E-state index contributed by atoms with van der Waals surface area (Å²) in [5.41, 5.74) is 0. The monoisotopic (exact) mass is 176 g/mol. The van der Waals surface area contributed by atoms with E-state index in [1.54, 1.807) is 21.1 Å². The van der Waals surface area contributed by atoms with Gasteiger partial charge in [0.25, 0.3) is 0 Å². The van der Waals surface area contributed by atoms with Gasteiger partial charge < -0.3 is 9.16 Å². The second-order valence-corrected chi connectivity index (χ2v) is 7.86. The molecule has 0 aliphatic heterocycles. The molecule has 0 aliphatic carbocycles. The molecule has 0 aromatic heterocycles. The minimum absolute atomic E-state index is 0.755. The zero-order valence-corrected chi connectivity index (χ0v) is 9.52. The van der Waals surface area contributed by atoms with Gasteiger partial charge in [0.15, 0.2) is 8.32 Å². The highest BCUT2D eigenvalue weighted by Crippen LogP contribution is 1.97. The average Bonchev–Trinajstić information content (AvgIpc) is 1.88. The van der Waals surface area contributed by atoms with Crippen molar-refractivity contribution in [3.05, 3.63) is 12.3 Å². The number of allylic oxidation sites excluding steroid dienone is 1. The van der Waals surface area contributed by atoms with E-state index in [-0.39, 0.29) is 0 Å². The zero-order valence-electron chi connectivity index (χ0n) is 8.52. The van der Waals surface area contributed by atoms with E-state index >= 15 is 0 Å². The summed E-state index contributed by atoms with van der Waals surface area (Å²) in [6.45, 7) is 11.7. The van der Waals surface area contributed by atoms with Crippen molar-refractivity contribution in [1.82, 2.24) is 0 Å². The van der Waals surface area contributed by atoms with Crippen LogP contribution in [0.25, 0.3) is 0 Å². The van der Waals surface area contributed by atoms with Gasteiger partial charge in [-0.2, -0.15) is 0 Å². The summed E-state index contributed by atoms with van der Waals surface area (Å²) in [6.07, 6.45) is 0. The molecule has 2 nitrogen and oxygen atoms in total. The Bertz CT molecular complexity index is 105. The molecule has 0 atom stereocenters. The van der Waals surface area contributed by atoms with Gasteiger partial charge in [-0.25, -0.2) is 0 Å². The molecule has 0 amide bonds. The van der Waals surface area contributed by atoms with Crippen LogP contribution in [0.4, 0.5) is 0 Å². The van der Waals surface area contributed by atoms with Crippen LogP contribution in [0, 0.1) is 0 Å². The van der Waals surface area contributed by atoms with Gasteiger partial charge in [0.05, 0.1) is 12.9 Å². The first-order valence-electron chi connectivity index (χ1n) is 3.58. The molecule has 0 aromatic carbocycles. The summed E-state index contributed by atoms with van der Waals surface area (Å²) in [6, 6.07) is 0. The second kappa shape index (κ2) is 6.43. The fourth-order valence-electron chi connectivity index (χ4n) is 0. The van der Waals surface area contributed by atoms with Crippen molar-refractivity contribution in [2.24, 2.45) is 0 Å². The van der Waals surface area contributed by atoms with Crippen LogP contribution in [0.2, 0.25) is 19.6 Å². The van der Waals surface area contributed by atoms with Gasteiger partial charge in [-0.1, -0.05) is 6.58 Å². The van der Waals surface area contributed by atoms with Gasteiger partial charge in [0.2, 0.25) is 0 Å². The van der Waals surface area contributed by atoms with Crippen LogP contribution in [0.5, 0.6) is 0 Å². The number of rotatable bonds is 2. The molecule has 0 aliphatic rings. The van der Waals surface area contributed by atoms with Gasteiger partial charge in [0, 0.05) is 7.11 Å². The third kappa shape index (κ3) is 26.0. The Hall–Kier alpha value is -0.283. The van der Waals surface area contributed by atoms with E-state index in [9.17, 15) is 0 Å². The minimum Gasteiger partial charge on any atom is -0.502 e. The van der Waals surface area contributed by atoms with Crippen molar-refractivity contribution in [1.29, 1.82) is 0 Å². The number of hydrogen-bond donors (Lipinski definition) is 0. The van der Waals surface area contributed by atoms with Crippen LogP contribution < -0.4 is 0 Å². The summed E-state index contributed by atoms with van der Waals surface area (Å²) in [4.78, 5) is 0. The summed E-state index contributed by atoms with van der Waals surface area (Å²) in [7, 11) is 2.24. The fourth-order valence-corrected chi connectivity index (χ4v) is 0. The molecule has 0 N–H and O–H groups in total. The summed E-state index contributed by atoms with van der Waals surface area (Å²) in [5, 5.41) is 0. The van der Waals surface area contributed by atoms with Crippen LogP contribution in [0.1, 0.15) is 6.92 Å². The summed E-state index contributed by atoms with van der Waals surface area (Å²) < 4.78 is 9.63. The van der Waals surface area contributed by atoms with Crippen LogP contribution in [-0.4, -0.2) is 22.5 Å². The van der Waals surface area contributed by atoms with E-state index in [0.29, 0.717) is 0 Å². The van der Waals surface area contributed by atoms with E-state index in [0.717, 1.165) is 5.76 Å². The lowest BCUT2D eigenvalue weighted by atomic mass is 10.7. The van der Waals surface area contributed by atoms with Crippen LogP contribution in [-0.2, 0) is 9.16 Å². The van der Waals surface area contributed by atoms with Crippen LogP contribution >= 0.6 is 0 Å². The molecule has 0 unspecified atom stereocenters. The Kier molecular flexibility index (Phi) is 7.78. The van der Waals surface area contributed by atoms with E-state index in [4.69, 9.17) is 4.43 Å². The van der Waals surface area contributed by atoms with Crippen molar-refractivity contribution in [3.8, 4) is 0 Å². The molecule has 0 radical (unpaired) electrons. The summed E-state index contributed by atoms with van der Waals surface area (Å²) >= 11 is 0. The highest BCUT2D eigenvalue weighted by atomic mass is 28.4. The van der Waals surface area contributed by atoms with Gasteiger partial charge in [0.1, 0.15) is 0 Å². The first kappa shape index (κ1) is 13.3. The smallest absolute Gasteiger partial charge is 0.183 e. The predicted octanol–water partition coefficient (Wildman–Crippen LogP) is 2.63. The normalized spacial score (nSPS) is 9.64. The van der Waals surface area contributed by atoms with E-state index < -0.39 is 8.32 Å². The second-order valence-electron chi connectivity index (χ2n) is 3.22. The Morgan fingerprint density at radius 3 is 1.36 bits per heavy atom. The maximum atomic E-state index is 5.08. The highest BCUT2D eigenvalue weighted by Gasteiger charge is 2.09.